The average Bonchev–Trinajstić information content (AvgIpc) is 2.53. The van der Waals surface area contributed by atoms with Gasteiger partial charge in [0.05, 0.1) is 10.9 Å². The predicted octanol–water partition coefficient (Wildman–Crippen LogP) is 4.49. The van der Waals surface area contributed by atoms with Crippen LogP contribution in [-0.4, -0.2) is 8.42 Å². The highest BCUT2D eigenvalue weighted by molar-refractivity contribution is 7.89. The van der Waals surface area contributed by atoms with E-state index in [1.807, 2.05) is 26.0 Å². The van der Waals surface area contributed by atoms with Gasteiger partial charge in [-0.3, -0.25) is 0 Å². The molecule has 0 radical (unpaired) electrons. The fraction of sp³-hybridized carbons (Fsp3) is 0.222. The molecule has 0 unspecified atom stereocenters. The molecule has 0 aromatic heterocycles. The van der Waals surface area contributed by atoms with Gasteiger partial charge in [0.15, 0.2) is 0 Å². The Morgan fingerprint density at radius 3 is 2.17 bits per heavy atom. The van der Waals surface area contributed by atoms with Crippen LogP contribution >= 0.6 is 11.6 Å². The zero-order chi connectivity index (χ0) is 17.0. The molecule has 2 atom stereocenters. The van der Waals surface area contributed by atoms with Crippen molar-refractivity contribution in [3.63, 3.8) is 0 Å². The maximum atomic E-state index is 12.6. The first-order valence-corrected chi connectivity index (χ1v) is 9.16. The first-order chi connectivity index (χ1) is 10.8. The smallest absolute Gasteiger partial charge is 0.207 e. The number of halogens is 1. The molecule has 0 bridgehead atoms. The first kappa shape index (κ1) is 17.7. The molecule has 0 heterocycles. The predicted molar refractivity (Wildman–Crippen MR) is 95.1 cm³/mol. The van der Waals surface area contributed by atoms with Crippen LogP contribution in [0.1, 0.15) is 24.1 Å². The third-order valence-corrected chi connectivity index (χ3v) is 5.45. The van der Waals surface area contributed by atoms with Crippen LogP contribution in [0.2, 0.25) is 5.02 Å². The molecule has 0 aliphatic carbocycles. The van der Waals surface area contributed by atoms with Gasteiger partial charge in [-0.2, -0.15) is 0 Å². The molecule has 0 amide bonds. The minimum atomic E-state index is -3.62. The minimum absolute atomic E-state index is 0.0728. The summed E-state index contributed by atoms with van der Waals surface area (Å²) in [6, 6.07) is 13.5. The van der Waals surface area contributed by atoms with Gasteiger partial charge in [0.1, 0.15) is 0 Å². The van der Waals surface area contributed by atoms with Crippen molar-refractivity contribution < 1.29 is 8.42 Å². The van der Waals surface area contributed by atoms with Crippen molar-refractivity contribution >= 4 is 21.6 Å². The van der Waals surface area contributed by atoms with E-state index in [2.05, 4.69) is 11.3 Å². The molecule has 0 spiro atoms. The Balaban J connectivity index is 2.35. The van der Waals surface area contributed by atoms with Crippen LogP contribution in [0.4, 0.5) is 0 Å². The second-order valence-corrected chi connectivity index (χ2v) is 7.71. The number of sulfonamides is 1. The zero-order valence-electron chi connectivity index (χ0n) is 13.2. The Bertz CT molecular complexity index is 768. The van der Waals surface area contributed by atoms with Gasteiger partial charge in [-0.05, 0) is 42.7 Å². The van der Waals surface area contributed by atoms with E-state index < -0.39 is 16.1 Å². The van der Waals surface area contributed by atoms with Gasteiger partial charge in [0.25, 0.3) is 0 Å². The fourth-order valence-electron chi connectivity index (χ4n) is 2.24. The first-order valence-electron chi connectivity index (χ1n) is 7.30. The van der Waals surface area contributed by atoms with Gasteiger partial charge in [0, 0.05) is 5.02 Å². The summed E-state index contributed by atoms with van der Waals surface area (Å²) in [6.45, 7) is 7.62. The average molecular weight is 350 g/mol. The highest BCUT2D eigenvalue weighted by Gasteiger charge is 2.24. The molecular formula is C18H20ClNO2S. The topological polar surface area (TPSA) is 46.2 Å². The molecule has 2 aromatic rings. The second-order valence-electron chi connectivity index (χ2n) is 5.56. The van der Waals surface area contributed by atoms with Crippen molar-refractivity contribution in [2.24, 2.45) is 5.92 Å². The van der Waals surface area contributed by atoms with Gasteiger partial charge in [0.2, 0.25) is 10.0 Å². The van der Waals surface area contributed by atoms with Crippen LogP contribution in [0, 0.1) is 12.8 Å². The number of hydrogen-bond donors (Lipinski definition) is 1. The quantitative estimate of drug-likeness (QED) is 0.781. The van der Waals surface area contributed by atoms with Crippen LogP contribution < -0.4 is 4.72 Å². The standard InChI is InChI=1S/C18H20ClNO2S/c1-4-14(3)18(15-7-9-16(19)10-8-15)20-23(21,22)17-11-5-13(2)6-12-17/h4-12,14,18,20H,1H2,2-3H3/t14-,18-/m1/s1. The summed E-state index contributed by atoms with van der Waals surface area (Å²) in [5.41, 5.74) is 1.86. The SMILES string of the molecule is C=C[C@@H](C)[C@@H](NS(=O)(=O)c1ccc(C)cc1)c1ccc(Cl)cc1. The number of benzene rings is 2. The van der Waals surface area contributed by atoms with Crippen LogP contribution in [0.25, 0.3) is 0 Å². The molecule has 0 fully saturated rings. The lowest BCUT2D eigenvalue weighted by molar-refractivity contribution is 0.498. The van der Waals surface area contributed by atoms with Gasteiger partial charge in [-0.1, -0.05) is 54.4 Å². The molecule has 23 heavy (non-hydrogen) atoms. The van der Waals surface area contributed by atoms with E-state index >= 15 is 0 Å². The van der Waals surface area contributed by atoms with Gasteiger partial charge in [-0.15, -0.1) is 6.58 Å². The lowest BCUT2D eigenvalue weighted by Crippen LogP contribution is -2.32. The Labute approximate surface area is 143 Å². The van der Waals surface area contributed by atoms with Crippen LogP contribution in [0.3, 0.4) is 0 Å². The summed E-state index contributed by atoms with van der Waals surface area (Å²) in [7, 11) is -3.62. The Morgan fingerprint density at radius 2 is 1.65 bits per heavy atom. The molecule has 5 heteroatoms. The fourth-order valence-corrected chi connectivity index (χ4v) is 3.68. The van der Waals surface area contributed by atoms with Crippen molar-refractivity contribution in [2.75, 3.05) is 0 Å². The molecule has 2 rings (SSSR count). The minimum Gasteiger partial charge on any atom is -0.207 e. The van der Waals surface area contributed by atoms with Crippen molar-refractivity contribution in [1.82, 2.24) is 4.72 Å². The van der Waals surface area contributed by atoms with Crippen molar-refractivity contribution in [2.45, 2.75) is 24.8 Å². The van der Waals surface area contributed by atoms with Crippen molar-refractivity contribution in [3.05, 3.63) is 77.3 Å². The van der Waals surface area contributed by atoms with E-state index in [9.17, 15) is 8.42 Å². The summed E-state index contributed by atoms with van der Waals surface area (Å²) < 4.78 is 28.1. The second kappa shape index (κ2) is 7.30. The molecule has 1 N–H and O–H groups in total. The lowest BCUT2D eigenvalue weighted by Gasteiger charge is -2.23. The summed E-state index contributed by atoms with van der Waals surface area (Å²) >= 11 is 5.91. The monoisotopic (exact) mass is 349 g/mol. The van der Waals surface area contributed by atoms with E-state index in [4.69, 9.17) is 11.6 Å². The van der Waals surface area contributed by atoms with Gasteiger partial charge < -0.3 is 0 Å². The molecule has 3 nitrogen and oxygen atoms in total. The number of rotatable bonds is 6. The highest BCUT2D eigenvalue weighted by Crippen LogP contribution is 2.26. The molecule has 0 aliphatic rings. The molecule has 0 saturated carbocycles. The largest absolute Gasteiger partial charge is 0.241 e. The number of nitrogens with one attached hydrogen (secondary N) is 1. The highest BCUT2D eigenvalue weighted by atomic mass is 35.5. The maximum absolute atomic E-state index is 12.6. The van der Waals surface area contributed by atoms with Gasteiger partial charge >= 0.3 is 0 Å². The van der Waals surface area contributed by atoms with E-state index in [0.717, 1.165) is 11.1 Å². The number of hydrogen-bond acceptors (Lipinski definition) is 2. The third-order valence-electron chi connectivity index (χ3n) is 3.74. The summed E-state index contributed by atoms with van der Waals surface area (Å²) in [4.78, 5) is 0.248. The van der Waals surface area contributed by atoms with E-state index in [1.54, 1.807) is 42.5 Å². The summed E-state index contributed by atoms with van der Waals surface area (Å²) in [5.74, 6) is -0.0728. The van der Waals surface area contributed by atoms with Crippen LogP contribution in [0.5, 0.6) is 0 Å². The molecule has 0 aliphatic heterocycles. The van der Waals surface area contributed by atoms with Gasteiger partial charge in [-0.25, -0.2) is 13.1 Å². The summed E-state index contributed by atoms with van der Waals surface area (Å²) in [6.07, 6.45) is 1.73. The molecule has 122 valence electrons. The maximum Gasteiger partial charge on any atom is 0.241 e. The van der Waals surface area contributed by atoms with E-state index in [0.29, 0.717) is 5.02 Å². The van der Waals surface area contributed by atoms with E-state index in [1.165, 1.54) is 0 Å². The Morgan fingerprint density at radius 1 is 1.09 bits per heavy atom. The normalized spacial score (nSPS) is 14.2. The summed E-state index contributed by atoms with van der Waals surface area (Å²) in [5, 5.41) is 0.611. The van der Waals surface area contributed by atoms with Crippen molar-refractivity contribution in [3.8, 4) is 0 Å². The molecule has 2 aromatic carbocycles. The third kappa shape index (κ3) is 4.44. The number of aryl methyl sites for hydroxylation is 1. The zero-order valence-corrected chi connectivity index (χ0v) is 14.7. The Hall–Kier alpha value is -1.62. The Kier molecular flexibility index (Phi) is 5.63. The van der Waals surface area contributed by atoms with E-state index in [-0.39, 0.29) is 10.8 Å². The molecular weight excluding hydrogens is 330 g/mol. The molecule has 0 saturated heterocycles. The van der Waals surface area contributed by atoms with Crippen LogP contribution in [-0.2, 0) is 10.0 Å². The lowest BCUT2D eigenvalue weighted by atomic mass is 9.96. The van der Waals surface area contributed by atoms with Crippen LogP contribution in [0.15, 0.2) is 66.1 Å². The van der Waals surface area contributed by atoms with Crippen molar-refractivity contribution in [1.29, 1.82) is 0 Å².